The lowest BCUT2D eigenvalue weighted by molar-refractivity contribution is -0.135. The molecule has 1 rings (SSSR count). The molecule has 0 spiro atoms. The summed E-state index contributed by atoms with van der Waals surface area (Å²) in [6.07, 6.45) is 0.125. The van der Waals surface area contributed by atoms with Gasteiger partial charge in [-0.3, -0.25) is 4.79 Å². The number of ether oxygens (including phenoxy) is 1. The zero-order valence-corrected chi connectivity index (χ0v) is 10.0. The van der Waals surface area contributed by atoms with Gasteiger partial charge in [-0.05, 0) is 18.1 Å². The molecule has 0 unspecified atom stereocenters. The van der Waals surface area contributed by atoms with Crippen LogP contribution < -0.4 is 4.74 Å². The summed E-state index contributed by atoms with van der Waals surface area (Å²) in [6, 6.07) is 1.81. The zero-order valence-electron chi connectivity index (χ0n) is 10.0. The summed E-state index contributed by atoms with van der Waals surface area (Å²) < 4.78 is 4.79. The molecule has 0 fully saturated rings. The number of carbonyl (C=O) groups is 2. The van der Waals surface area contributed by atoms with E-state index in [0.717, 1.165) is 12.1 Å². The number of carboxylic acid groups (broad SMARTS) is 1. The van der Waals surface area contributed by atoms with Gasteiger partial charge in [-0.15, -0.1) is 0 Å². The molecule has 0 atom stereocenters. The summed E-state index contributed by atoms with van der Waals surface area (Å²) in [6.45, 7) is 3.63. The van der Waals surface area contributed by atoms with Crippen LogP contribution in [0, 0.1) is 5.92 Å². The van der Waals surface area contributed by atoms with Gasteiger partial charge in [0.1, 0.15) is 0 Å². The first kappa shape index (κ1) is 13.8. The molecule has 0 aromatic heterocycles. The molecule has 98 valence electrons. The lowest BCUT2D eigenvalue weighted by Crippen LogP contribution is -2.11. The van der Waals surface area contributed by atoms with E-state index in [1.165, 1.54) is 0 Å². The Morgan fingerprint density at radius 2 is 1.72 bits per heavy atom. The molecular weight excluding hydrogens is 240 g/mol. The minimum atomic E-state index is -1.30. The number of carboxylic acids is 1. The van der Waals surface area contributed by atoms with Crippen molar-refractivity contribution in [1.82, 2.24) is 0 Å². The fourth-order valence-electron chi connectivity index (χ4n) is 1.32. The third-order valence-corrected chi connectivity index (χ3v) is 2.09. The summed E-state index contributed by atoms with van der Waals surface area (Å²) in [7, 11) is 0. The first-order valence-electron chi connectivity index (χ1n) is 5.31. The molecule has 6 heteroatoms. The molecule has 0 saturated carbocycles. The second-order valence-corrected chi connectivity index (χ2v) is 4.22. The molecule has 1 aromatic rings. The summed E-state index contributed by atoms with van der Waals surface area (Å²) in [5, 5.41) is 27.7. The Morgan fingerprint density at radius 3 is 2.11 bits per heavy atom. The molecule has 0 heterocycles. The molecule has 0 radical (unpaired) electrons. The predicted molar refractivity (Wildman–Crippen MR) is 61.8 cm³/mol. The quantitative estimate of drug-likeness (QED) is 0.558. The number of carbonyl (C=O) groups excluding carboxylic acids is 1. The first-order chi connectivity index (χ1) is 8.31. The topological polar surface area (TPSA) is 104 Å². The van der Waals surface area contributed by atoms with Crippen LogP contribution in [-0.4, -0.2) is 27.3 Å². The Morgan fingerprint density at radius 1 is 1.22 bits per heavy atom. The summed E-state index contributed by atoms with van der Waals surface area (Å²) >= 11 is 0. The van der Waals surface area contributed by atoms with Gasteiger partial charge in [0.15, 0.2) is 11.5 Å². The van der Waals surface area contributed by atoms with E-state index < -0.39 is 29.2 Å². The smallest absolute Gasteiger partial charge is 0.335 e. The molecule has 0 aliphatic carbocycles. The maximum absolute atomic E-state index is 11.4. The van der Waals surface area contributed by atoms with Crippen LogP contribution in [0.25, 0.3) is 0 Å². The molecule has 3 N–H and O–H groups in total. The predicted octanol–water partition coefficient (Wildman–Crippen LogP) is 1.75. The summed E-state index contributed by atoms with van der Waals surface area (Å²) in [5.74, 6) is -3.46. The van der Waals surface area contributed by atoms with Crippen LogP contribution in [0.4, 0.5) is 0 Å². The highest BCUT2D eigenvalue weighted by molar-refractivity contribution is 5.89. The number of benzene rings is 1. The van der Waals surface area contributed by atoms with Crippen molar-refractivity contribution in [3.63, 3.8) is 0 Å². The summed E-state index contributed by atoms with van der Waals surface area (Å²) in [4.78, 5) is 22.0. The number of hydrogen-bond acceptors (Lipinski definition) is 5. The van der Waals surface area contributed by atoms with Crippen molar-refractivity contribution in [3.8, 4) is 17.2 Å². The van der Waals surface area contributed by atoms with Crippen molar-refractivity contribution >= 4 is 11.9 Å². The van der Waals surface area contributed by atoms with E-state index in [1.807, 2.05) is 13.8 Å². The largest absolute Gasteiger partial charge is 0.504 e. The van der Waals surface area contributed by atoms with Crippen LogP contribution in [-0.2, 0) is 4.79 Å². The Balaban J connectivity index is 2.97. The number of esters is 1. The van der Waals surface area contributed by atoms with Gasteiger partial charge in [-0.2, -0.15) is 0 Å². The van der Waals surface area contributed by atoms with Crippen molar-refractivity contribution in [2.75, 3.05) is 0 Å². The number of rotatable bonds is 4. The number of phenols is 2. The van der Waals surface area contributed by atoms with Crippen molar-refractivity contribution in [2.45, 2.75) is 20.3 Å². The fraction of sp³-hybridized carbons (Fsp3) is 0.333. The average molecular weight is 254 g/mol. The van der Waals surface area contributed by atoms with Crippen molar-refractivity contribution in [3.05, 3.63) is 17.7 Å². The third-order valence-electron chi connectivity index (χ3n) is 2.09. The highest BCUT2D eigenvalue weighted by Crippen LogP contribution is 2.37. The number of phenolic OH excluding ortho intramolecular Hbond substituents is 2. The minimum Gasteiger partial charge on any atom is -0.504 e. The minimum absolute atomic E-state index is 0.0695. The third kappa shape index (κ3) is 3.38. The maximum atomic E-state index is 11.4. The molecule has 0 amide bonds. The van der Waals surface area contributed by atoms with Gasteiger partial charge in [0.05, 0.1) is 5.56 Å². The Labute approximate surface area is 103 Å². The van der Waals surface area contributed by atoms with Crippen molar-refractivity contribution < 1.29 is 29.6 Å². The van der Waals surface area contributed by atoms with Crippen LogP contribution in [0.1, 0.15) is 30.6 Å². The SMILES string of the molecule is CC(C)CC(=O)Oc1c(O)cc(C(=O)O)cc1O. The number of aromatic carboxylic acids is 1. The second-order valence-electron chi connectivity index (χ2n) is 4.22. The lowest BCUT2D eigenvalue weighted by atomic mass is 10.1. The van der Waals surface area contributed by atoms with E-state index in [4.69, 9.17) is 9.84 Å². The van der Waals surface area contributed by atoms with E-state index in [-0.39, 0.29) is 17.9 Å². The fourth-order valence-corrected chi connectivity index (χ4v) is 1.32. The molecule has 0 aliphatic heterocycles. The standard InChI is InChI=1S/C12H14O6/c1-6(2)3-10(15)18-11-8(13)4-7(12(16)17)5-9(11)14/h4-6,13-14H,3H2,1-2H3,(H,16,17). The monoisotopic (exact) mass is 254 g/mol. The van der Waals surface area contributed by atoms with Crippen LogP contribution in [0.2, 0.25) is 0 Å². The molecule has 0 aliphatic rings. The molecular formula is C12H14O6. The van der Waals surface area contributed by atoms with Crippen LogP contribution in [0.3, 0.4) is 0 Å². The molecule has 0 bridgehead atoms. The van der Waals surface area contributed by atoms with E-state index in [9.17, 15) is 19.8 Å². The zero-order chi connectivity index (χ0) is 13.9. The van der Waals surface area contributed by atoms with Gasteiger partial charge < -0.3 is 20.1 Å². The molecule has 18 heavy (non-hydrogen) atoms. The van der Waals surface area contributed by atoms with Gasteiger partial charge >= 0.3 is 11.9 Å². The van der Waals surface area contributed by atoms with E-state index in [1.54, 1.807) is 0 Å². The second kappa shape index (κ2) is 5.39. The number of hydrogen-bond donors (Lipinski definition) is 3. The van der Waals surface area contributed by atoms with Crippen LogP contribution in [0.15, 0.2) is 12.1 Å². The normalized spacial score (nSPS) is 10.4. The maximum Gasteiger partial charge on any atom is 0.335 e. The molecule has 1 aromatic carbocycles. The average Bonchev–Trinajstić information content (AvgIpc) is 2.21. The van der Waals surface area contributed by atoms with Crippen molar-refractivity contribution in [2.24, 2.45) is 5.92 Å². The van der Waals surface area contributed by atoms with Gasteiger partial charge in [-0.25, -0.2) is 4.79 Å². The number of aromatic hydroxyl groups is 2. The highest BCUT2D eigenvalue weighted by atomic mass is 16.5. The van der Waals surface area contributed by atoms with E-state index >= 15 is 0 Å². The van der Waals surface area contributed by atoms with Crippen molar-refractivity contribution in [1.29, 1.82) is 0 Å². The molecule has 0 saturated heterocycles. The first-order valence-corrected chi connectivity index (χ1v) is 5.31. The van der Waals surface area contributed by atoms with Gasteiger partial charge in [0, 0.05) is 6.42 Å². The molecule has 6 nitrogen and oxygen atoms in total. The van der Waals surface area contributed by atoms with Gasteiger partial charge in [0.2, 0.25) is 5.75 Å². The van der Waals surface area contributed by atoms with E-state index in [0.29, 0.717) is 0 Å². The Bertz CT molecular complexity index is 454. The summed E-state index contributed by atoms with van der Waals surface area (Å²) in [5.41, 5.74) is -0.298. The van der Waals surface area contributed by atoms with Crippen LogP contribution >= 0.6 is 0 Å². The van der Waals surface area contributed by atoms with Crippen LogP contribution in [0.5, 0.6) is 17.2 Å². The Kier molecular flexibility index (Phi) is 4.14. The highest BCUT2D eigenvalue weighted by Gasteiger charge is 2.18. The van der Waals surface area contributed by atoms with Gasteiger partial charge in [-0.1, -0.05) is 13.8 Å². The Hall–Kier alpha value is -2.24. The lowest BCUT2D eigenvalue weighted by Gasteiger charge is -2.10. The van der Waals surface area contributed by atoms with Gasteiger partial charge in [0.25, 0.3) is 0 Å². The van der Waals surface area contributed by atoms with E-state index in [2.05, 4.69) is 0 Å².